The Bertz CT molecular complexity index is 2250. The second-order valence-electron chi connectivity index (χ2n) is 17.8. The fraction of sp³-hybridized carbons (Fsp3) is 0.367. The topological polar surface area (TPSA) is 6.48 Å². The normalized spacial score (nSPS) is 16.2. The molecule has 2 atom stereocenters. The van der Waals surface area contributed by atoms with E-state index in [1.807, 2.05) is 0 Å². The van der Waals surface area contributed by atoms with Gasteiger partial charge in [-0.2, -0.15) is 6.82 Å². The molecule has 0 N–H and O–H groups in total. The van der Waals surface area contributed by atoms with E-state index in [0.717, 1.165) is 11.8 Å². The molecule has 2 fully saturated rings. The maximum Gasteiger partial charge on any atom is 4.00 e. The maximum atomic E-state index is 14.6. The number of benzene rings is 5. The molecular formula is C49H48BF15N2Zr+2. The minimum atomic E-state index is -5.41. The summed E-state index contributed by atoms with van der Waals surface area (Å²) >= 11 is 0. The molecule has 0 aliphatic heterocycles. The number of halogens is 15. The third-order valence-electron chi connectivity index (χ3n) is 14.2. The zero-order valence-electron chi connectivity index (χ0n) is 37.9. The zero-order valence-corrected chi connectivity index (χ0v) is 40.4. The monoisotopic (exact) mass is 1050 g/mol. The van der Waals surface area contributed by atoms with E-state index in [-0.39, 0.29) is 44.1 Å². The molecule has 19 heteroatoms. The van der Waals surface area contributed by atoms with Crippen LogP contribution in [0, 0.1) is 106 Å². The van der Waals surface area contributed by atoms with Gasteiger partial charge in [-0.15, -0.1) is 16.4 Å². The molecule has 2 saturated carbocycles. The average Bonchev–Trinajstić information content (AvgIpc) is 4.08. The summed E-state index contributed by atoms with van der Waals surface area (Å²) in [5, 5.41) is 0. The van der Waals surface area contributed by atoms with Crippen molar-refractivity contribution in [2.75, 3.05) is 21.1 Å². The number of rotatable bonds is 9. The molecular weight excluding hydrogens is 1000 g/mol. The van der Waals surface area contributed by atoms with Gasteiger partial charge in [0.2, 0.25) is 0 Å². The first-order chi connectivity index (χ1) is 31.3. The van der Waals surface area contributed by atoms with E-state index >= 15 is 0 Å². The SMILES string of the molecule is CN(C)C(C)(c1ccccc1)C1CCCC1.C[B-](c1c(F)c(F)c(F)c(F)c1F)(c1c(F)c(F)c(F)c(F)c1F)c1c(F)c(F)c(F)c(F)c1F.[CH2-]N(C)C(C)(c1ccccc1)C1CCCC1.[Zr+4]. The van der Waals surface area contributed by atoms with Crippen molar-refractivity contribution in [1.82, 2.24) is 9.80 Å². The number of nitrogens with zero attached hydrogens (tertiary/aromatic N) is 2. The summed E-state index contributed by atoms with van der Waals surface area (Å²) in [5.41, 5.74) is -4.73. The quantitative estimate of drug-likeness (QED) is 0.0477. The van der Waals surface area contributed by atoms with E-state index in [9.17, 15) is 65.9 Å². The van der Waals surface area contributed by atoms with Crippen molar-refractivity contribution in [3.8, 4) is 0 Å². The van der Waals surface area contributed by atoms with Crippen LogP contribution >= 0.6 is 0 Å². The Hall–Kier alpha value is -4.08. The van der Waals surface area contributed by atoms with Crippen molar-refractivity contribution >= 4 is 22.5 Å². The Morgan fingerprint density at radius 1 is 0.412 bits per heavy atom. The summed E-state index contributed by atoms with van der Waals surface area (Å²) in [4.78, 5) is 4.55. The van der Waals surface area contributed by atoms with Crippen LogP contribution in [0.1, 0.15) is 76.3 Å². The van der Waals surface area contributed by atoms with E-state index < -0.39 is 110 Å². The second-order valence-corrected chi connectivity index (χ2v) is 17.8. The molecule has 364 valence electrons. The van der Waals surface area contributed by atoms with Gasteiger partial charge in [0, 0.05) is 11.1 Å². The van der Waals surface area contributed by atoms with Crippen LogP contribution in [0.3, 0.4) is 0 Å². The fourth-order valence-electron chi connectivity index (χ4n) is 9.97. The van der Waals surface area contributed by atoms with Crippen LogP contribution in [0.15, 0.2) is 60.7 Å². The average molecular weight is 1050 g/mol. The van der Waals surface area contributed by atoms with E-state index in [0.29, 0.717) is 0 Å². The molecule has 2 aliphatic carbocycles. The largest absolute Gasteiger partial charge is 4.00 e. The molecule has 2 nitrogen and oxygen atoms in total. The third kappa shape index (κ3) is 9.96. The Labute approximate surface area is 405 Å². The molecule has 5 aromatic carbocycles. The molecule has 0 spiro atoms. The third-order valence-corrected chi connectivity index (χ3v) is 14.2. The predicted octanol–water partition coefficient (Wildman–Crippen LogP) is 12.3. The molecule has 68 heavy (non-hydrogen) atoms. The van der Waals surface area contributed by atoms with E-state index in [1.54, 1.807) is 0 Å². The standard InChI is InChI=1S/C19H3BF15.C15H23N.C15H22N.Zr/c1-20(2-5(21)11(27)17(33)12(28)6(2)22,3-7(23)13(29)18(34)14(30)8(3)24)4-9(25)15(31)19(35)16(32)10(4)26;2*1-15(16(2)3,14-11-7-8-12-14)13-9-5-4-6-10-13;/h1H3;4-6,9-10,14H,7-8,11-12H2,1-3H3;4-6,9-10,14H,2,7-8,11-12H2,1,3H3;/q-1;;-1;+4. The Balaban J connectivity index is 0.000000252. The van der Waals surface area contributed by atoms with Gasteiger partial charge in [-0.25, -0.2) is 65.9 Å². The molecule has 0 heterocycles. The van der Waals surface area contributed by atoms with Crippen molar-refractivity contribution in [1.29, 1.82) is 0 Å². The summed E-state index contributed by atoms with van der Waals surface area (Å²) in [6.07, 6.45) is 5.58. The number of hydrogen-bond acceptors (Lipinski definition) is 2. The molecule has 2 unspecified atom stereocenters. The van der Waals surface area contributed by atoms with Gasteiger partial charge >= 0.3 is 26.2 Å². The Kier molecular flexibility index (Phi) is 18.6. The van der Waals surface area contributed by atoms with Gasteiger partial charge in [0.25, 0.3) is 0 Å². The van der Waals surface area contributed by atoms with E-state index in [2.05, 4.69) is 113 Å². The summed E-state index contributed by atoms with van der Waals surface area (Å²) in [6.45, 7) is 4.53. The fourth-order valence-corrected chi connectivity index (χ4v) is 9.97. The summed E-state index contributed by atoms with van der Waals surface area (Å²) < 4.78 is 212. The molecule has 2 aliphatic rings. The van der Waals surface area contributed by atoms with Crippen LogP contribution in [0.4, 0.5) is 65.9 Å². The Morgan fingerprint density at radius 3 is 0.868 bits per heavy atom. The number of hydrogen-bond donors (Lipinski definition) is 0. The first-order valence-corrected chi connectivity index (χ1v) is 21.4. The summed E-state index contributed by atoms with van der Waals surface area (Å²) in [5.74, 6) is -43.5. The first-order valence-electron chi connectivity index (χ1n) is 21.4. The van der Waals surface area contributed by atoms with Gasteiger partial charge in [0.05, 0.1) is 0 Å². The minimum absolute atomic E-state index is 0. The van der Waals surface area contributed by atoms with Crippen LogP contribution in [0.25, 0.3) is 0 Å². The molecule has 0 radical (unpaired) electrons. The van der Waals surface area contributed by atoms with E-state index in [4.69, 9.17) is 0 Å². The van der Waals surface area contributed by atoms with Crippen LogP contribution in [0.5, 0.6) is 0 Å². The van der Waals surface area contributed by atoms with Crippen LogP contribution < -0.4 is 16.4 Å². The Morgan fingerprint density at radius 2 is 0.632 bits per heavy atom. The van der Waals surface area contributed by atoms with Crippen molar-refractivity contribution < 1.29 is 92.1 Å². The molecule has 0 saturated heterocycles. The van der Waals surface area contributed by atoms with Gasteiger partial charge in [-0.1, -0.05) is 86.3 Å². The van der Waals surface area contributed by atoms with Gasteiger partial charge in [0.15, 0.2) is 52.4 Å². The molecule has 5 aromatic rings. The van der Waals surface area contributed by atoms with Gasteiger partial charge in [0.1, 0.15) is 41.0 Å². The minimum Gasteiger partial charge on any atom is -0.453 e. The molecule has 7 rings (SSSR count). The van der Waals surface area contributed by atoms with Crippen molar-refractivity contribution in [2.24, 2.45) is 11.8 Å². The molecule has 0 amide bonds. The zero-order chi connectivity index (χ0) is 50.1. The van der Waals surface area contributed by atoms with E-state index in [1.165, 1.54) is 62.5 Å². The van der Waals surface area contributed by atoms with Crippen molar-refractivity contribution in [3.05, 3.63) is 166 Å². The summed E-state index contributed by atoms with van der Waals surface area (Å²) in [7, 11) is 10.7. The van der Waals surface area contributed by atoms with Gasteiger partial charge < -0.3 is 4.90 Å². The van der Waals surface area contributed by atoms with Crippen LogP contribution in [0.2, 0.25) is 6.82 Å². The molecule has 0 bridgehead atoms. The maximum absolute atomic E-state index is 14.6. The molecule has 0 aromatic heterocycles. The predicted molar refractivity (Wildman–Crippen MR) is 228 cm³/mol. The summed E-state index contributed by atoms with van der Waals surface area (Å²) in [6, 6.07) is 21.8. The first kappa shape index (κ1) is 56.5. The van der Waals surface area contributed by atoms with Crippen LogP contribution in [-0.2, 0) is 37.3 Å². The van der Waals surface area contributed by atoms with Crippen molar-refractivity contribution in [3.63, 3.8) is 0 Å². The second kappa shape index (κ2) is 22.3. The smallest absolute Gasteiger partial charge is 0.453 e. The van der Waals surface area contributed by atoms with Crippen molar-refractivity contribution in [2.45, 2.75) is 83.1 Å². The van der Waals surface area contributed by atoms with Gasteiger partial charge in [-0.3, -0.25) is 11.9 Å². The van der Waals surface area contributed by atoms with Gasteiger partial charge in [-0.05, 0) is 83.6 Å². The van der Waals surface area contributed by atoms with Crippen LogP contribution in [-0.4, -0.2) is 37.1 Å².